The number of imide groups is 2. The van der Waals surface area contributed by atoms with Gasteiger partial charge in [0, 0.05) is 0 Å². The number of esters is 1. The molecule has 0 saturated carbocycles. The molecule has 0 aromatic heterocycles. The van der Waals surface area contributed by atoms with Crippen molar-refractivity contribution in [3.05, 3.63) is 0 Å². The second-order valence-corrected chi connectivity index (χ2v) is 12.9. The minimum absolute atomic E-state index is 0.286. The number of amides is 4. The van der Waals surface area contributed by atoms with Gasteiger partial charge in [-0.3, -0.25) is 29.0 Å². The van der Waals surface area contributed by atoms with Crippen LogP contribution in [0.25, 0.3) is 0 Å². The molecule has 1 aliphatic heterocycles. The van der Waals surface area contributed by atoms with Gasteiger partial charge >= 0.3 is 18.0 Å². The fraction of sp³-hybridized carbons (Fsp3) is 0.861. The number of nitrogens with zero attached hydrogens (tertiary/aromatic N) is 2. The van der Waals surface area contributed by atoms with Crippen LogP contribution in [0.5, 0.6) is 0 Å². The molecule has 1 N–H and O–H groups in total. The molecule has 0 aromatic rings. The second kappa shape index (κ2) is 26.7. The molecule has 4 amide bonds. The van der Waals surface area contributed by atoms with Crippen molar-refractivity contribution in [2.45, 2.75) is 187 Å². The summed E-state index contributed by atoms with van der Waals surface area (Å²) < 4.78 is 5.77. The Labute approximate surface area is 273 Å². The molecule has 0 spiro atoms. The minimum atomic E-state index is -1.37. The Hall–Kier alpha value is -2.45. The third kappa shape index (κ3) is 20.3. The highest BCUT2D eigenvalue weighted by atomic mass is 16.5. The minimum Gasteiger partial charge on any atom is -0.480 e. The largest absolute Gasteiger partial charge is 0.480 e. The Bertz CT molecular complexity index is 847. The van der Waals surface area contributed by atoms with Crippen molar-refractivity contribution in [3.63, 3.8) is 0 Å². The summed E-state index contributed by atoms with van der Waals surface area (Å²) in [5, 5.41) is 9.02. The van der Waals surface area contributed by atoms with Gasteiger partial charge in [-0.15, -0.1) is 0 Å². The smallest absolute Gasteiger partial charge is 0.334 e. The number of hydrogen-bond acceptors (Lipinski definition) is 6. The lowest BCUT2D eigenvalue weighted by Crippen LogP contribution is -2.57. The molecule has 260 valence electrons. The molecule has 0 aromatic carbocycles. The molecule has 9 nitrogen and oxygen atoms in total. The van der Waals surface area contributed by atoms with E-state index in [2.05, 4.69) is 13.8 Å². The summed E-state index contributed by atoms with van der Waals surface area (Å²) in [7, 11) is 0. The van der Waals surface area contributed by atoms with Gasteiger partial charge in [0.25, 0.3) is 0 Å². The van der Waals surface area contributed by atoms with Gasteiger partial charge in [-0.25, -0.2) is 4.79 Å². The van der Waals surface area contributed by atoms with Gasteiger partial charge < -0.3 is 9.84 Å². The zero-order valence-electron chi connectivity index (χ0n) is 28.7. The predicted molar refractivity (Wildman–Crippen MR) is 178 cm³/mol. The maximum Gasteiger partial charge on any atom is 0.334 e. The molecule has 1 saturated heterocycles. The first-order chi connectivity index (χ1) is 21.8. The number of aliphatic carboxylic acids is 1. The first kappa shape index (κ1) is 40.6. The molecule has 1 aliphatic rings. The van der Waals surface area contributed by atoms with Crippen molar-refractivity contribution >= 4 is 29.8 Å². The molecular weight excluding hydrogens is 572 g/mol. The van der Waals surface area contributed by atoms with Crippen molar-refractivity contribution in [2.75, 3.05) is 13.1 Å². The molecule has 1 atom stereocenters. The van der Waals surface area contributed by atoms with E-state index in [0.717, 1.165) is 44.9 Å². The van der Waals surface area contributed by atoms with Crippen molar-refractivity contribution in [3.8, 4) is 0 Å². The Morgan fingerprint density at radius 2 is 0.911 bits per heavy atom. The topological polar surface area (TPSA) is 121 Å². The number of rotatable bonds is 30. The highest BCUT2D eigenvalue weighted by Gasteiger charge is 2.40. The quantitative estimate of drug-likeness (QED) is 0.0474. The molecule has 9 heteroatoms. The molecule has 45 heavy (non-hydrogen) atoms. The van der Waals surface area contributed by atoms with E-state index in [0.29, 0.717) is 9.80 Å². The van der Waals surface area contributed by atoms with E-state index >= 15 is 0 Å². The fourth-order valence-corrected chi connectivity index (χ4v) is 5.99. The number of carboxylic acids is 1. The third-order valence-corrected chi connectivity index (χ3v) is 8.75. The summed E-state index contributed by atoms with van der Waals surface area (Å²) in [6, 6.07) is -1.09. The molecule has 1 fully saturated rings. The first-order valence-electron chi connectivity index (χ1n) is 18.4. The van der Waals surface area contributed by atoms with Crippen LogP contribution in [0.1, 0.15) is 181 Å². The molecule has 1 rings (SSSR count). The van der Waals surface area contributed by atoms with Crippen LogP contribution in [0, 0.1) is 0 Å². The maximum atomic E-state index is 12.8. The van der Waals surface area contributed by atoms with E-state index in [9.17, 15) is 24.0 Å². The van der Waals surface area contributed by atoms with Crippen LogP contribution in [-0.2, 0) is 23.9 Å². The van der Waals surface area contributed by atoms with E-state index in [1.54, 1.807) is 0 Å². The standard InChI is InChI=1S/C36H64N2O7/c1-3-5-7-9-11-13-14-15-16-17-18-19-21-23-25-27-31(26-24-22-20-12-10-8-6-4-2)45-35(43)30-38-33(40)28-32(39)37(36(38)44)29-34(41)42/h31H,3-30H2,1-2H3,(H,41,42). The highest BCUT2D eigenvalue weighted by molar-refractivity contribution is 6.15. The number of carboxylic acid groups (broad SMARTS) is 1. The number of barbiturate groups is 1. The Morgan fingerprint density at radius 1 is 0.578 bits per heavy atom. The van der Waals surface area contributed by atoms with Crippen LogP contribution in [0.3, 0.4) is 0 Å². The van der Waals surface area contributed by atoms with Gasteiger partial charge in [0.1, 0.15) is 25.6 Å². The van der Waals surface area contributed by atoms with Crippen LogP contribution < -0.4 is 0 Å². The van der Waals surface area contributed by atoms with Gasteiger partial charge in [-0.2, -0.15) is 0 Å². The van der Waals surface area contributed by atoms with Crippen LogP contribution in [-0.4, -0.2) is 63.9 Å². The number of ether oxygens (including phenoxy) is 1. The van der Waals surface area contributed by atoms with Crippen LogP contribution in [0.15, 0.2) is 0 Å². The summed E-state index contributed by atoms with van der Waals surface area (Å²) in [5.41, 5.74) is 0. The number of carbonyl (C=O) groups is 5. The lowest BCUT2D eigenvalue weighted by molar-refractivity contribution is -0.156. The van der Waals surface area contributed by atoms with E-state index in [1.165, 1.54) is 116 Å². The van der Waals surface area contributed by atoms with Crippen LogP contribution >= 0.6 is 0 Å². The molecule has 1 unspecified atom stereocenters. The Morgan fingerprint density at radius 3 is 1.27 bits per heavy atom. The first-order valence-corrected chi connectivity index (χ1v) is 18.4. The highest BCUT2D eigenvalue weighted by Crippen LogP contribution is 2.19. The van der Waals surface area contributed by atoms with Gasteiger partial charge in [-0.1, -0.05) is 149 Å². The van der Waals surface area contributed by atoms with E-state index < -0.39 is 49.3 Å². The van der Waals surface area contributed by atoms with Crippen molar-refractivity contribution in [2.24, 2.45) is 0 Å². The van der Waals surface area contributed by atoms with Gasteiger partial charge in [0.15, 0.2) is 0 Å². The Kier molecular flexibility index (Phi) is 24.1. The molecule has 0 aliphatic carbocycles. The zero-order chi connectivity index (χ0) is 33.1. The van der Waals surface area contributed by atoms with Gasteiger partial charge in [0.05, 0.1) is 0 Å². The number of urea groups is 1. The summed E-state index contributed by atoms with van der Waals surface area (Å²) in [6.07, 6.45) is 29.3. The van der Waals surface area contributed by atoms with Crippen molar-refractivity contribution in [1.29, 1.82) is 0 Å². The lowest BCUT2D eigenvalue weighted by atomic mass is 10.0. The Balaban J connectivity index is 2.40. The normalized spacial score (nSPS) is 14.3. The second-order valence-electron chi connectivity index (χ2n) is 12.9. The summed E-state index contributed by atoms with van der Waals surface area (Å²) in [6.45, 7) is 3.00. The molecule has 0 bridgehead atoms. The maximum absolute atomic E-state index is 12.8. The summed E-state index contributed by atoms with van der Waals surface area (Å²) in [4.78, 5) is 62.0. The number of carbonyl (C=O) groups excluding carboxylic acids is 4. The summed E-state index contributed by atoms with van der Waals surface area (Å²) in [5.74, 6) is -3.77. The van der Waals surface area contributed by atoms with E-state index in [4.69, 9.17) is 9.84 Å². The monoisotopic (exact) mass is 636 g/mol. The predicted octanol–water partition coefficient (Wildman–Crippen LogP) is 8.96. The average molecular weight is 637 g/mol. The molecule has 1 heterocycles. The lowest BCUT2D eigenvalue weighted by Gasteiger charge is -2.31. The number of unbranched alkanes of at least 4 members (excludes halogenated alkanes) is 21. The van der Waals surface area contributed by atoms with Crippen LogP contribution in [0.4, 0.5) is 4.79 Å². The average Bonchev–Trinajstić information content (AvgIpc) is 3.00. The molecular formula is C36H64N2O7. The van der Waals surface area contributed by atoms with Crippen molar-refractivity contribution < 1.29 is 33.8 Å². The fourth-order valence-electron chi connectivity index (χ4n) is 5.99. The zero-order valence-corrected chi connectivity index (χ0v) is 28.7. The number of hydrogen-bond donors (Lipinski definition) is 1. The van der Waals surface area contributed by atoms with Gasteiger partial charge in [-0.05, 0) is 25.7 Å². The molecule has 0 radical (unpaired) electrons. The van der Waals surface area contributed by atoms with E-state index in [1.807, 2.05) is 0 Å². The van der Waals surface area contributed by atoms with Crippen molar-refractivity contribution in [1.82, 2.24) is 9.80 Å². The van der Waals surface area contributed by atoms with Gasteiger partial charge in [0.2, 0.25) is 11.8 Å². The van der Waals surface area contributed by atoms with Crippen LogP contribution in [0.2, 0.25) is 0 Å². The van der Waals surface area contributed by atoms with E-state index in [-0.39, 0.29) is 6.10 Å². The SMILES string of the molecule is CCCCCCCCCCCCCCCCCC(CCCCCCCCCC)OC(=O)CN1C(=O)CC(=O)N(CC(=O)O)C1=O. The third-order valence-electron chi connectivity index (χ3n) is 8.75. The summed E-state index contributed by atoms with van der Waals surface area (Å²) >= 11 is 0.